The van der Waals surface area contributed by atoms with Gasteiger partial charge in [-0.1, -0.05) is 76.4 Å². The largest absolute Gasteiger partial charge is 0.378 e. The molecule has 4 aromatic rings. The van der Waals surface area contributed by atoms with Crippen molar-refractivity contribution in [3.63, 3.8) is 0 Å². The lowest BCUT2D eigenvalue weighted by molar-refractivity contribution is 0.840. The lowest BCUT2D eigenvalue weighted by Gasteiger charge is -2.12. The van der Waals surface area contributed by atoms with Gasteiger partial charge in [0.25, 0.3) is 0 Å². The highest BCUT2D eigenvalue weighted by atomic mass is 35.5. The lowest BCUT2D eigenvalue weighted by Crippen LogP contribution is -2.08. The Hall–Kier alpha value is -2.47. The third-order valence-electron chi connectivity index (χ3n) is 4.87. The van der Waals surface area contributed by atoms with Crippen LogP contribution in [0.25, 0.3) is 5.69 Å². The summed E-state index contributed by atoms with van der Waals surface area (Å²) in [5, 5.41) is 14.5. The molecule has 0 fully saturated rings. The van der Waals surface area contributed by atoms with Crippen molar-refractivity contribution in [2.24, 2.45) is 0 Å². The van der Waals surface area contributed by atoms with Crippen molar-refractivity contribution in [1.82, 2.24) is 14.8 Å². The number of rotatable bonds is 7. The van der Waals surface area contributed by atoms with E-state index in [2.05, 4.69) is 82.5 Å². The normalized spacial score (nSPS) is 11.0. The standard InChI is InChI=1S/C24H22Cl2N4S/c1-16-3-9-20(10-4-16)27-14-23-28-29-24(30(23)21-11-5-17(2)6-12-21)31-15-18-7-8-19(25)13-22(18)26/h3-13,27H,14-15H2,1-2H3. The molecule has 0 aliphatic carbocycles. The Morgan fingerprint density at radius 3 is 2.23 bits per heavy atom. The van der Waals surface area contributed by atoms with Gasteiger partial charge in [0, 0.05) is 27.2 Å². The number of hydrogen-bond donors (Lipinski definition) is 1. The van der Waals surface area contributed by atoms with Crippen LogP contribution in [0.5, 0.6) is 0 Å². The Balaban J connectivity index is 1.59. The molecule has 31 heavy (non-hydrogen) atoms. The Morgan fingerprint density at radius 2 is 1.55 bits per heavy atom. The Morgan fingerprint density at radius 1 is 0.871 bits per heavy atom. The molecule has 0 spiro atoms. The number of nitrogens with zero attached hydrogens (tertiary/aromatic N) is 3. The van der Waals surface area contributed by atoms with Gasteiger partial charge < -0.3 is 5.32 Å². The van der Waals surface area contributed by atoms with Crippen LogP contribution in [0.2, 0.25) is 10.0 Å². The first-order chi connectivity index (χ1) is 15.0. The first-order valence-electron chi connectivity index (χ1n) is 9.88. The van der Waals surface area contributed by atoms with Crippen molar-refractivity contribution in [3.8, 4) is 5.69 Å². The van der Waals surface area contributed by atoms with E-state index in [0.29, 0.717) is 22.3 Å². The second-order valence-corrected chi connectivity index (χ2v) is 9.10. The third kappa shape index (κ3) is 5.42. The minimum Gasteiger partial charge on any atom is -0.378 e. The molecule has 0 saturated carbocycles. The Labute approximate surface area is 196 Å². The molecular formula is C24H22Cl2N4S. The number of hydrogen-bond acceptors (Lipinski definition) is 4. The number of halogens is 2. The van der Waals surface area contributed by atoms with E-state index in [1.165, 1.54) is 11.1 Å². The summed E-state index contributed by atoms with van der Waals surface area (Å²) < 4.78 is 2.09. The monoisotopic (exact) mass is 468 g/mol. The minimum absolute atomic E-state index is 0.562. The summed E-state index contributed by atoms with van der Waals surface area (Å²) in [6.45, 7) is 4.72. The number of anilines is 1. The molecule has 3 aromatic carbocycles. The summed E-state index contributed by atoms with van der Waals surface area (Å²) in [6, 6.07) is 22.2. The lowest BCUT2D eigenvalue weighted by atomic mass is 10.2. The molecule has 0 radical (unpaired) electrons. The van der Waals surface area contributed by atoms with Crippen LogP contribution < -0.4 is 5.32 Å². The van der Waals surface area contributed by atoms with Crippen LogP contribution in [0.4, 0.5) is 5.69 Å². The molecule has 4 rings (SSSR count). The van der Waals surface area contributed by atoms with E-state index in [9.17, 15) is 0 Å². The van der Waals surface area contributed by atoms with Gasteiger partial charge in [-0.15, -0.1) is 10.2 Å². The summed E-state index contributed by atoms with van der Waals surface area (Å²) in [6.07, 6.45) is 0. The fraction of sp³-hybridized carbons (Fsp3) is 0.167. The van der Waals surface area contributed by atoms with Gasteiger partial charge in [-0.25, -0.2) is 0 Å². The van der Waals surface area contributed by atoms with Crippen LogP contribution in [-0.2, 0) is 12.3 Å². The zero-order valence-electron chi connectivity index (χ0n) is 17.3. The zero-order valence-corrected chi connectivity index (χ0v) is 19.6. The Bertz CT molecular complexity index is 1170. The maximum atomic E-state index is 6.35. The van der Waals surface area contributed by atoms with E-state index in [0.717, 1.165) is 27.9 Å². The molecule has 7 heteroatoms. The van der Waals surface area contributed by atoms with Gasteiger partial charge in [0.1, 0.15) is 0 Å². The van der Waals surface area contributed by atoms with Crippen molar-refractivity contribution in [2.45, 2.75) is 31.3 Å². The van der Waals surface area contributed by atoms with Crippen LogP contribution in [0.15, 0.2) is 71.9 Å². The first-order valence-corrected chi connectivity index (χ1v) is 11.6. The second kappa shape index (κ2) is 9.77. The van der Waals surface area contributed by atoms with Gasteiger partial charge in [-0.3, -0.25) is 4.57 Å². The maximum absolute atomic E-state index is 6.35. The molecular weight excluding hydrogens is 447 g/mol. The van der Waals surface area contributed by atoms with Crippen LogP contribution in [0.1, 0.15) is 22.5 Å². The highest BCUT2D eigenvalue weighted by molar-refractivity contribution is 7.98. The highest BCUT2D eigenvalue weighted by Crippen LogP contribution is 2.30. The summed E-state index contributed by atoms with van der Waals surface area (Å²) in [5.74, 6) is 1.51. The van der Waals surface area contributed by atoms with Gasteiger partial charge in [0.2, 0.25) is 0 Å². The van der Waals surface area contributed by atoms with E-state index in [4.69, 9.17) is 23.2 Å². The van der Waals surface area contributed by atoms with Crippen molar-refractivity contribution in [2.75, 3.05) is 5.32 Å². The zero-order chi connectivity index (χ0) is 21.8. The van der Waals surface area contributed by atoms with E-state index in [1.807, 2.05) is 12.1 Å². The molecule has 0 atom stereocenters. The maximum Gasteiger partial charge on any atom is 0.196 e. The summed E-state index contributed by atoms with van der Waals surface area (Å²) in [7, 11) is 0. The van der Waals surface area contributed by atoms with Gasteiger partial charge in [-0.05, 0) is 55.8 Å². The van der Waals surface area contributed by atoms with Crippen LogP contribution in [-0.4, -0.2) is 14.8 Å². The highest BCUT2D eigenvalue weighted by Gasteiger charge is 2.15. The van der Waals surface area contributed by atoms with Crippen molar-refractivity contribution < 1.29 is 0 Å². The predicted molar refractivity (Wildman–Crippen MR) is 131 cm³/mol. The fourth-order valence-corrected chi connectivity index (χ4v) is 4.62. The molecule has 4 nitrogen and oxygen atoms in total. The van der Waals surface area contributed by atoms with Gasteiger partial charge >= 0.3 is 0 Å². The third-order valence-corrected chi connectivity index (χ3v) is 6.43. The molecule has 0 saturated heterocycles. The van der Waals surface area contributed by atoms with Crippen LogP contribution >= 0.6 is 35.0 Å². The Kier molecular flexibility index (Phi) is 6.86. The molecule has 0 unspecified atom stereocenters. The van der Waals surface area contributed by atoms with Gasteiger partial charge in [-0.2, -0.15) is 0 Å². The van der Waals surface area contributed by atoms with Crippen molar-refractivity contribution in [1.29, 1.82) is 0 Å². The van der Waals surface area contributed by atoms with E-state index in [-0.39, 0.29) is 0 Å². The average Bonchev–Trinajstić information content (AvgIpc) is 3.16. The molecule has 0 aliphatic rings. The fourth-order valence-electron chi connectivity index (χ4n) is 3.10. The van der Waals surface area contributed by atoms with E-state index >= 15 is 0 Å². The smallest absolute Gasteiger partial charge is 0.196 e. The van der Waals surface area contributed by atoms with Gasteiger partial charge in [0.15, 0.2) is 11.0 Å². The minimum atomic E-state index is 0.562. The first kappa shape index (κ1) is 21.8. The SMILES string of the molecule is Cc1ccc(NCc2nnc(SCc3ccc(Cl)cc3Cl)n2-c2ccc(C)cc2)cc1. The number of nitrogens with one attached hydrogen (secondary N) is 1. The molecule has 158 valence electrons. The number of benzene rings is 3. The summed E-state index contributed by atoms with van der Waals surface area (Å²) in [5.41, 5.74) is 5.52. The number of aromatic nitrogens is 3. The second-order valence-electron chi connectivity index (χ2n) is 7.31. The van der Waals surface area contributed by atoms with Gasteiger partial charge in [0.05, 0.1) is 6.54 Å². The predicted octanol–water partition coefficient (Wildman–Crippen LogP) is 7.10. The van der Waals surface area contributed by atoms with Crippen molar-refractivity contribution in [3.05, 3.63) is 99.3 Å². The van der Waals surface area contributed by atoms with Crippen molar-refractivity contribution >= 4 is 40.7 Å². The number of thioether (sulfide) groups is 1. The quantitative estimate of drug-likeness (QED) is 0.293. The van der Waals surface area contributed by atoms with E-state index in [1.54, 1.807) is 17.8 Å². The van der Waals surface area contributed by atoms with Crippen LogP contribution in [0, 0.1) is 13.8 Å². The molecule has 0 aliphatic heterocycles. The topological polar surface area (TPSA) is 42.7 Å². The molecule has 1 aromatic heterocycles. The van der Waals surface area contributed by atoms with Crippen LogP contribution in [0.3, 0.4) is 0 Å². The van der Waals surface area contributed by atoms with E-state index < -0.39 is 0 Å². The molecule has 1 heterocycles. The summed E-state index contributed by atoms with van der Waals surface area (Å²) in [4.78, 5) is 0. The average molecular weight is 469 g/mol. The molecule has 0 amide bonds. The number of aryl methyl sites for hydroxylation is 2. The summed E-state index contributed by atoms with van der Waals surface area (Å²) >= 11 is 14.0. The molecule has 1 N–H and O–H groups in total. The molecule has 0 bridgehead atoms.